The molecule has 0 spiro atoms. The summed E-state index contributed by atoms with van der Waals surface area (Å²) in [5, 5.41) is 3.38. The second kappa shape index (κ2) is 9.11. The zero-order valence-electron chi connectivity index (χ0n) is 10.2. The molecule has 0 saturated heterocycles. The predicted octanol–water partition coefficient (Wildman–Crippen LogP) is 4.11. The van der Waals surface area contributed by atoms with Gasteiger partial charge in [0.05, 0.1) is 0 Å². The molecule has 0 rings (SSSR count). The van der Waals surface area contributed by atoms with Gasteiger partial charge < -0.3 is 5.32 Å². The molecule has 0 saturated carbocycles. The van der Waals surface area contributed by atoms with E-state index >= 15 is 0 Å². The monoisotopic (exact) mass is 197 g/mol. The number of hydrogen-bond donors (Lipinski definition) is 1. The van der Waals surface area contributed by atoms with Crippen LogP contribution in [0.4, 0.5) is 0 Å². The summed E-state index contributed by atoms with van der Waals surface area (Å²) in [5.41, 5.74) is 1.20. The molecule has 0 amide bonds. The third-order valence-electron chi connectivity index (χ3n) is 2.39. The standard InChI is InChI=1S/C13H27N/c1-5-9-13(4)14-11-8-6-7-10-12(2)3/h12,14H,4-11H2,1-3H3. The lowest BCUT2D eigenvalue weighted by Gasteiger charge is -2.08. The Hall–Kier alpha value is -0.460. The van der Waals surface area contributed by atoms with Crippen molar-refractivity contribution in [1.82, 2.24) is 5.32 Å². The Kier molecular flexibility index (Phi) is 8.81. The molecule has 0 aliphatic heterocycles. The molecule has 0 atom stereocenters. The van der Waals surface area contributed by atoms with Gasteiger partial charge in [0.1, 0.15) is 0 Å². The van der Waals surface area contributed by atoms with Crippen LogP contribution in [0.15, 0.2) is 12.3 Å². The van der Waals surface area contributed by atoms with Crippen LogP contribution in [0, 0.1) is 5.92 Å². The Bertz CT molecular complexity index is 138. The van der Waals surface area contributed by atoms with Gasteiger partial charge >= 0.3 is 0 Å². The topological polar surface area (TPSA) is 12.0 Å². The van der Waals surface area contributed by atoms with Gasteiger partial charge in [-0.3, -0.25) is 0 Å². The van der Waals surface area contributed by atoms with Crippen molar-refractivity contribution >= 4 is 0 Å². The quantitative estimate of drug-likeness (QED) is 0.549. The molecule has 0 aliphatic rings. The van der Waals surface area contributed by atoms with E-state index in [9.17, 15) is 0 Å². The van der Waals surface area contributed by atoms with E-state index in [1.54, 1.807) is 0 Å². The van der Waals surface area contributed by atoms with Crippen molar-refractivity contribution in [2.45, 2.75) is 59.3 Å². The highest BCUT2D eigenvalue weighted by Gasteiger charge is 1.94. The Morgan fingerprint density at radius 2 is 1.93 bits per heavy atom. The number of rotatable bonds is 9. The van der Waals surface area contributed by atoms with Gasteiger partial charge in [0.25, 0.3) is 0 Å². The Morgan fingerprint density at radius 1 is 1.21 bits per heavy atom. The first-order valence-electron chi connectivity index (χ1n) is 6.08. The number of unbranched alkanes of at least 4 members (excludes halogenated alkanes) is 2. The minimum atomic E-state index is 0.859. The van der Waals surface area contributed by atoms with Crippen LogP contribution in [0.5, 0.6) is 0 Å². The predicted molar refractivity (Wildman–Crippen MR) is 65.4 cm³/mol. The molecule has 1 heteroatoms. The lowest BCUT2D eigenvalue weighted by atomic mass is 10.1. The third-order valence-corrected chi connectivity index (χ3v) is 2.39. The lowest BCUT2D eigenvalue weighted by molar-refractivity contribution is 0.521. The van der Waals surface area contributed by atoms with Crippen molar-refractivity contribution in [3.63, 3.8) is 0 Å². The molecule has 0 aromatic rings. The van der Waals surface area contributed by atoms with E-state index in [-0.39, 0.29) is 0 Å². The van der Waals surface area contributed by atoms with Gasteiger partial charge in [-0.15, -0.1) is 0 Å². The normalized spacial score (nSPS) is 10.6. The summed E-state index contributed by atoms with van der Waals surface area (Å²) in [5.74, 6) is 0.859. The summed E-state index contributed by atoms with van der Waals surface area (Å²) < 4.78 is 0. The summed E-state index contributed by atoms with van der Waals surface area (Å²) in [6, 6.07) is 0. The van der Waals surface area contributed by atoms with Gasteiger partial charge in [0.15, 0.2) is 0 Å². The average Bonchev–Trinajstić information content (AvgIpc) is 2.11. The lowest BCUT2D eigenvalue weighted by Crippen LogP contribution is -2.13. The molecule has 0 bridgehead atoms. The number of nitrogens with one attached hydrogen (secondary N) is 1. The van der Waals surface area contributed by atoms with E-state index in [1.165, 1.54) is 37.8 Å². The summed E-state index contributed by atoms with van der Waals surface area (Å²) in [4.78, 5) is 0. The van der Waals surface area contributed by atoms with Gasteiger partial charge in [0.2, 0.25) is 0 Å². The van der Waals surface area contributed by atoms with E-state index in [2.05, 4.69) is 32.7 Å². The highest BCUT2D eigenvalue weighted by atomic mass is 14.9. The molecule has 0 aromatic carbocycles. The van der Waals surface area contributed by atoms with Crippen molar-refractivity contribution < 1.29 is 0 Å². The fourth-order valence-electron chi connectivity index (χ4n) is 1.51. The highest BCUT2D eigenvalue weighted by molar-refractivity contribution is 4.89. The molecule has 84 valence electrons. The maximum absolute atomic E-state index is 3.98. The van der Waals surface area contributed by atoms with Crippen LogP contribution in [0.2, 0.25) is 0 Å². The zero-order valence-corrected chi connectivity index (χ0v) is 10.2. The second-order valence-electron chi connectivity index (χ2n) is 4.52. The summed E-state index contributed by atoms with van der Waals surface area (Å²) in [6.07, 6.45) is 7.70. The SMILES string of the molecule is C=C(CCC)NCCCCCC(C)C. The van der Waals surface area contributed by atoms with Crippen LogP contribution in [-0.2, 0) is 0 Å². The van der Waals surface area contributed by atoms with E-state index in [4.69, 9.17) is 0 Å². The van der Waals surface area contributed by atoms with Crippen LogP contribution in [0.25, 0.3) is 0 Å². The highest BCUT2D eigenvalue weighted by Crippen LogP contribution is 2.07. The molecule has 1 nitrogen and oxygen atoms in total. The molecule has 1 N–H and O–H groups in total. The second-order valence-corrected chi connectivity index (χ2v) is 4.52. The Labute approximate surface area is 90.0 Å². The van der Waals surface area contributed by atoms with Gasteiger partial charge in [0, 0.05) is 12.2 Å². The van der Waals surface area contributed by atoms with Gasteiger partial charge in [-0.25, -0.2) is 0 Å². The maximum Gasteiger partial charge on any atom is 0.0143 e. The van der Waals surface area contributed by atoms with Gasteiger partial charge in [-0.05, 0) is 18.8 Å². The molecule has 0 aromatic heterocycles. The fourth-order valence-corrected chi connectivity index (χ4v) is 1.51. The molecule has 0 fully saturated rings. The molecule has 0 heterocycles. The molecular weight excluding hydrogens is 170 g/mol. The molecule has 14 heavy (non-hydrogen) atoms. The first-order chi connectivity index (χ1) is 6.66. The van der Waals surface area contributed by atoms with Crippen LogP contribution in [0.1, 0.15) is 59.3 Å². The maximum atomic E-state index is 3.98. The van der Waals surface area contributed by atoms with Crippen molar-refractivity contribution in [2.24, 2.45) is 5.92 Å². The fraction of sp³-hybridized carbons (Fsp3) is 0.846. The first-order valence-corrected chi connectivity index (χ1v) is 6.08. The van der Waals surface area contributed by atoms with E-state index in [0.29, 0.717) is 0 Å². The summed E-state index contributed by atoms with van der Waals surface area (Å²) in [7, 11) is 0. The first kappa shape index (κ1) is 13.5. The van der Waals surface area contributed by atoms with Gasteiger partial charge in [-0.2, -0.15) is 0 Å². The van der Waals surface area contributed by atoms with Crippen LogP contribution < -0.4 is 5.32 Å². The van der Waals surface area contributed by atoms with Crippen LogP contribution in [0.3, 0.4) is 0 Å². The third kappa shape index (κ3) is 9.63. The smallest absolute Gasteiger partial charge is 0.0143 e. The van der Waals surface area contributed by atoms with Crippen molar-refractivity contribution in [1.29, 1.82) is 0 Å². The number of hydrogen-bond acceptors (Lipinski definition) is 1. The molecule has 0 unspecified atom stereocenters. The largest absolute Gasteiger partial charge is 0.389 e. The molecule has 0 radical (unpaired) electrons. The van der Waals surface area contributed by atoms with Crippen molar-refractivity contribution in [3.05, 3.63) is 12.3 Å². The van der Waals surface area contributed by atoms with Crippen molar-refractivity contribution in [2.75, 3.05) is 6.54 Å². The van der Waals surface area contributed by atoms with E-state index in [0.717, 1.165) is 18.9 Å². The summed E-state index contributed by atoms with van der Waals surface area (Å²) >= 11 is 0. The Balaban J connectivity index is 3.09. The number of allylic oxidation sites excluding steroid dienone is 1. The van der Waals surface area contributed by atoms with E-state index in [1.807, 2.05) is 0 Å². The molecule has 0 aliphatic carbocycles. The minimum Gasteiger partial charge on any atom is -0.389 e. The van der Waals surface area contributed by atoms with Crippen LogP contribution >= 0.6 is 0 Å². The average molecular weight is 197 g/mol. The minimum absolute atomic E-state index is 0.859. The molecular formula is C13H27N. The Morgan fingerprint density at radius 3 is 2.50 bits per heavy atom. The van der Waals surface area contributed by atoms with E-state index < -0.39 is 0 Å². The van der Waals surface area contributed by atoms with Crippen molar-refractivity contribution in [3.8, 4) is 0 Å². The van der Waals surface area contributed by atoms with Crippen LogP contribution in [-0.4, -0.2) is 6.54 Å². The van der Waals surface area contributed by atoms with Gasteiger partial charge in [-0.1, -0.05) is 53.0 Å². The zero-order chi connectivity index (χ0) is 10.8. The summed E-state index contributed by atoms with van der Waals surface area (Å²) in [6.45, 7) is 11.9.